The summed E-state index contributed by atoms with van der Waals surface area (Å²) in [5, 5.41) is 11.8. The van der Waals surface area contributed by atoms with Crippen LogP contribution in [-0.4, -0.2) is 34.1 Å². The maximum atomic E-state index is 4.28. The van der Waals surface area contributed by atoms with E-state index < -0.39 is 0 Å². The van der Waals surface area contributed by atoms with Gasteiger partial charge in [-0.25, -0.2) is 0 Å². The minimum Gasteiger partial charge on any atom is -0.346 e. The number of nitrogens with zero attached hydrogens (tertiary/aromatic N) is 3. The lowest BCUT2D eigenvalue weighted by atomic mass is 9.99. The molecule has 4 nitrogen and oxygen atoms in total. The van der Waals surface area contributed by atoms with Crippen molar-refractivity contribution in [1.82, 2.24) is 14.8 Å². The molecule has 1 saturated heterocycles. The Morgan fingerprint density at radius 1 is 1.50 bits per heavy atom. The third-order valence-electron chi connectivity index (χ3n) is 2.83. The molecule has 1 fully saturated rings. The van der Waals surface area contributed by atoms with Crippen LogP contribution < -0.4 is 5.32 Å². The molecule has 0 spiro atoms. The van der Waals surface area contributed by atoms with Gasteiger partial charge in [-0.1, -0.05) is 11.8 Å². The van der Waals surface area contributed by atoms with Crippen molar-refractivity contribution >= 4 is 11.8 Å². The molecule has 78 valence electrons. The highest BCUT2D eigenvalue weighted by molar-refractivity contribution is 7.98. The van der Waals surface area contributed by atoms with Gasteiger partial charge in [0.15, 0.2) is 5.16 Å². The van der Waals surface area contributed by atoms with Crippen molar-refractivity contribution in [2.24, 2.45) is 7.05 Å². The lowest BCUT2D eigenvalue weighted by molar-refractivity contribution is -0.665. The number of piperidine rings is 1. The second-order valence-corrected chi connectivity index (χ2v) is 4.53. The van der Waals surface area contributed by atoms with Gasteiger partial charge in [0.05, 0.1) is 19.0 Å². The fraction of sp³-hybridized carbons (Fsp3) is 0.778. The van der Waals surface area contributed by atoms with Gasteiger partial charge in [0, 0.05) is 7.05 Å². The minimum absolute atomic E-state index is 0.599. The molecule has 1 aliphatic heterocycles. The van der Waals surface area contributed by atoms with Crippen molar-refractivity contribution in [3.8, 4) is 0 Å². The van der Waals surface area contributed by atoms with E-state index in [1.165, 1.54) is 25.9 Å². The molecule has 2 N–H and O–H groups in total. The van der Waals surface area contributed by atoms with Crippen LogP contribution in [0.2, 0.25) is 0 Å². The monoisotopic (exact) mass is 213 g/mol. The molecule has 1 aromatic rings. The maximum absolute atomic E-state index is 4.28. The summed E-state index contributed by atoms with van der Waals surface area (Å²) in [6.45, 7) is 2.43. The highest BCUT2D eigenvalue weighted by Crippen LogP contribution is 2.21. The summed E-state index contributed by atoms with van der Waals surface area (Å²) < 4.78 is 2.13. The fourth-order valence-electron chi connectivity index (χ4n) is 2.04. The van der Waals surface area contributed by atoms with Gasteiger partial charge in [-0.15, -0.1) is 10.2 Å². The molecule has 0 bridgehead atoms. The zero-order valence-electron chi connectivity index (χ0n) is 8.73. The zero-order chi connectivity index (χ0) is 9.97. The maximum Gasteiger partial charge on any atom is 0.190 e. The van der Waals surface area contributed by atoms with E-state index in [4.69, 9.17) is 0 Å². The SMILES string of the molecule is CSc1nnc([C@H]2CCC[NH2+]C2)n1C. The molecule has 0 unspecified atom stereocenters. The molecule has 14 heavy (non-hydrogen) atoms. The van der Waals surface area contributed by atoms with Gasteiger partial charge in [0.25, 0.3) is 0 Å². The highest BCUT2D eigenvalue weighted by Gasteiger charge is 2.23. The third kappa shape index (κ3) is 1.79. The Bertz CT molecular complexity index is 304. The van der Waals surface area contributed by atoms with E-state index >= 15 is 0 Å². The predicted octanol–water partition coefficient (Wildman–Crippen LogP) is -0.0222. The Labute approximate surface area is 88.5 Å². The standard InChI is InChI=1S/C9H16N4S/c1-13-8(11-12-9(13)14-2)7-4-3-5-10-6-7/h7,10H,3-6H2,1-2H3/p+1/t7-/m0/s1. The van der Waals surface area contributed by atoms with Crippen LogP contribution in [-0.2, 0) is 7.05 Å². The minimum atomic E-state index is 0.599. The van der Waals surface area contributed by atoms with E-state index in [-0.39, 0.29) is 0 Å². The average molecular weight is 213 g/mol. The number of hydrogen-bond acceptors (Lipinski definition) is 3. The number of aromatic nitrogens is 3. The Hall–Kier alpha value is -0.550. The molecule has 1 aromatic heterocycles. The number of hydrogen-bond donors (Lipinski definition) is 1. The quantitative estimate of drug-likeness (QED) is 0.702. The van der Waals surface area contributed by atoms with Gasteiger partial charge in [0.1, 0.15) is 5.82 Å². The van der Waals surface area contributed by atoms with Gasteiger partial charge < -0.3 is 9.88 Å². The molecular weight excluding hydrogens is 196 g/mol. The first-order valence-corrected chi connectivity index (χ1v) is 6.30. The normalized spacial score (nSPS) is 22.6. The summed E-state index contributed by atoms with van der Waals surface area (Å²) >= 11 is 1.66. The summed E-state index contributed by atoms with van der Waals surface area (Å²) in [7, 11) is 2.07. The summed E-state index contributed by atoms with van der Waals surface area (Å²) in [5.41, 5.74) is 0. The fourth-order valence-corrected chi connectivity index (χ4v) is 2.53. The van der Waals surface area contributed by atoms with Crippen molar-refractivity contribution in [3.63, 3.8) is 0 Å². The molecular formula is C9H17N4S+. The number of rotatable bonds is 2. The zero-order valence-corrected chi connectivity index (χ0v) is 9.55. The number of nitrogens with two attached hydrogens (primary N) is 1. The van der Waals surface area contributed by atoms with Crippen molar-refractivity contribution in [2.75, 3.05) is 19.3 Å². The molecule has 0 amide bonds. The van der Waals surface area contributed by atoms with E-state index in [1.54, 1.807) is 11.8 Å². The van der Waals surface area contributed by atoms with E-state index in [0.29, 0.717) is 5.92 Å². The van der Waals surface area contributed by atoms with Crippen LogP contribution >= 0.6 is 11.8 Å². The van der Waals surface area contributed by atoms with Crippen LogP contribution in [0.5, 0.6) is 0 Å². The van der Waals surface area contributed by atoms with Gasteiger partial charge in [-0.05, 0) is 19.1 Å². The van der Waals surface area contributed by atoms with Crippen LogP contribution in [0, 0.1) is 0 Å². The van der Waals surface area contributed by atoms with Crippen LogP contribution in [0.3, 0.4) is 0 Å². The lowest BCUT2D eigenvalue weighted by Crippen LogP contribution is -2.86. The second-order valence-electron chi connectivity index (χ2n) is 3.76. The smallest absolute Gasteiger partial charge is 0.190 e. The molecule has 1 atom stereocenters. The summed E-state index contributed by atoms with van der Waals surface area (Å²) in [6.07, 6.45) is 4.60. The van der Waals surface area contributed by atoms with Crippen molar-refractivity contribution < 1.29 is 5.32 Å². The van der Waals surface area contributed by atoms with E-state index in [0.717, 1.165) is 11.0 Å². The van der Waals surface area contributed by atoms with Gasteiger partial charge in [0.2, 0.25) is 0 Å². The molecule has 0 saturated carbocycles. The van der Waals surface area contributed by atoms with Crippen LogP contribution in [0.25, 0.3) is 0 Å². The lowest BCUT2D eigenvalue weighted by Gasteiger charge is -2.18. The van der Waals surface area contributed by atoms with Crippen LogP contribution in [0.4, 0.5) is 0 Å². The Morgan fingerprint density at radius 2 is 2.36 bits per heavy atom. The third-order valence-corrected chi connectivity index (χ3v) is 3.55. The van der Waals surface area contributed by atoms with Gasteiger partial charge >= 0.3 is 0 Å². The molecule has 0 aromatic carbocycles. The molecule has 2 heterocycles. The summed E-state index contributed by atoms with van der Waals surface area (Å²) in [5.74, 6) is 1.76. The summed E-state index contributed by atoms with van der Waals surface area (Å²) in [4.78, 5) is 0. The van der Waals surface area contributed by atoms with E-state index in [2.05, 4.69) is 27.1 Å². The van der Waals surface area contributed by atoms with Gasteiger partial charge in [-0.3, -0.25) is 0 Å². The van der Waals surface area contributed by atoms with E-state index in [1.807, 2.05) is 6.26 Å². The molecule has 1 aliphatic rings. The van der Waals surface area contributed by atoms with Crippen molar-refractivity contribution in [1.29, 1.82) is 0 Å². The molecule has 0 aliphatic carbocycles. The van der Waals surface area contributed by atoms with Crippen molar-refractivity contribution in [3.05, 3.63) is 5.82 Å². The topological polar surface area (TPSA) is 47.3 Å². The Balaban J connectivity index is 2.18. The number of thioether (sulfide) groups is 1. The molecule has 2 rings (SSSR count). The second kappa shape index (κ2) is 4.31. The van der Waals surface area contributed by atoms with E-state index in [9.17, 15) is 0 Å². The molecule has 5 heteroatoms. The first-order valence-electron chi connectivity index (χ1n) is 5.08. The first kappa shape index (κ1) is 9.98. The van der Waals surface area contributed by atoms with Crippen molar-refractivity contribution in [2.45, 2.75) is 23.9 Å². The van der Waals surface area contributed by atoms with Gasteiger partial charge in [-0.2, -0.15) is 0 Å². The highest BCUT2D eigenvalue weighted by atomic mass is 32.2. The molecule has 0 radical (unpaired) electrons. The summed E-state index contributed by atoms with van der Waals surface area (Å²) in [6, 6.07) is 0. The number of quaternary nitrogens is 1. The predicted molar refractivity (Wildman–Crippen MR) is 56.4 cm³/mol. The first-order chi connectivity index (χ1) is 6.83. The van der Waals surface area contributed by atoms with Crippen LogP contribution in [0.15, 0.2) is 5.16 Å². The van der Waals surface area contributed by atoms with Crippen LogP contribution in [0.1, 0.15) is 24.6 Å². The largest absolute Gasteiger partial charge is 0.346 e. The Kier molecular flexibility index (Phi) is 3.08. The Morgan fingerprint density at radius 3 is 2.93 bits per heavy atom. The average Bonchev–Trinajstić information content (AvgIpc) is 2.61.